The minimum atomic E-state index is -3.88. The van der Waals surface area contributed by atoms with Crippen LogP contribution in [0.25, 0.3) is 0 Å². The van der Waals surface area contributed by atoms with Crippen LogP contribution in [-0.4, -0.2) is 28.3 Å². The van der Waals surface area contributed by atoms with Crippen molar-refractivity contribution in [1.29, 1.82) is 0 Å². The molecule has 0 aliphatic carbocycles. The van der Waals surface area contributed by atoms with E-state index < -0.39 is 15.8 Å². The number of hydrazone groups is 1. The zero-order valence-electron chi connectivity index (χ0n) is 13.9. The number of hydrogen-bond acceptors (Lipinski definition) is 5. The predicted molar refractivity (Wildman–Crippen MR) is 93.1 cm³/mol. The number of hydrogen-bond donors (Lipinski definition) is 1. The smallest absolute Gasteiger partial charge is 0.276 e. The Morgan fingerprint density at radius 2 is 1.92 bits per heavy atom. The largest absolute Gasteiger partial charge is 0.493 e. The monoisotopic (exact) mass is 366 g/mol. The van der Waals surface area contributed by atoms with Gasteiger partial charge in [-0.25, -0.2) is 9.22 Å². The summed E-state index contributed by atoms with van der Waals surface area (Å²) in [5, 5.41) is 3.76. The third kappa shape index (κ3) is 4.93. The van der Waals surface area contributed by atoms with Crippen molar-refractivity contribution in [2.24, 2.45) is 5.10 Å². The Bertz CT molecular complexity index is 836. The Morgan fingerprint density at radius 1 is 1.20 bits per heavy atom. The first-order valence-electron chi connectivity index (χ1n) is 7.58. The highest BCUT2D eigenvalue weighted by Crippen LogP contribution is 2.30. The molecule has 2 aromatic rings. The van der Waals surface area contributed by atoms with Crippen LogP contribution in [0.2, 0.25) is 0 Å². The van der Waals surface area contributed by atoms with Crippen LogP contribution in [0.15, 0.2) is 52.5 Å². The van der Waals surface area contributed by atoms with Crippen LogP contribution < -0.4 is 14.3 Å². The third-order valence-electron chi connectivity index (χ3n) is 3.18. The molecular formula is C17H19FN2O4S. The van der Waals surface area contributed by atoms with Crippen LogP contribution in [0.4, 0.5) is 4.39 Å². The summed E-state index contributed by atoms with van der Waals surface area (Å²) in [7, 11) is -2.36. The van der Waals surface area contributed by atoms with Gasteiger partial charge in [-0.15, -0.1) is 0 Å². The molecule has 0 spiro atoms. The van der Waals surface area contributed by atoms with Gasteiger partial charge in [-0.3, -0.25) is 0 Å². The molecule has 0 saturated carbocycles. The molecule has 8 heteroatoms. The van der Waals surface area contributed by atoms with E-state index in [2.05, 4.69) is 9.93 Å². The molecular weight excluding hydrogens is 347 g/mol. The molecule has 0 saturated heterocycles. The van der Waals surface area contributed by atoms with Crippen LogP contribution in [0.5, 0.6) is 11.5 Å². The maximum absolute atomic E-state index is 12.9. The number of methoxy groups -OCH3 is 1. The SMILES string of the molecule is CCCOc1c(/C=N/NS(=O)(=O)c2ccc(F)cc2)cccc1OC. The molecule has 0 atom stereocenters. The number of nitrogens with zero attached hydrogens (tertiary/aromatic N) is 1. The number of ether oxygens (including phenoxy) is 2. The van der Waals surface area contributed by atoms with E-state index in [0.717, 1.165) is 30.7 Å². The van der Waals surface area contributed by atoms with Gasteiger partial charge in [0.15, 0.2) is 11.5 Å². The molecule has 134 valence electrons. The van der Waals surface area contributed by atoms with Gasteiger partial charge in [-0.2, -0.15) is 13.5 Å². The van der Waals surface area contributed by atoms with Gasteiger partial charge >= 0.3 is 0 Å². The summed E-state index contributed by atoms with van der Waals surface area (Å²) < 4.78 is 48.0. The van der Waals surface area contributed by atoms with E-state index in [1.165, 1.54) is 13.3 Å². The fourth-order valence-corrected chi connectivity index (χ4v) is 2.78. The number of benzene rings is 2. The van der Waals surface area contributed by atoms with E-state index in [9.17, 15) is 12.8 Å². The highest BCUT2D eigenvalue weighted by Gasteiger charge is 2.13. The lowest BCUT2D eigenvalue weighted by Crippen LogP contribution is -2.18. The molecule has 25 heavy (non-hydrogen) atoms. The van der Waals surface area contributed by atoms with Crippen molar-refractivity contribution in [1.82, 2.24) is 4.83 Å². The minimum Gasteiger partial charge on any atom is -0.493 e. The standard InChI is InChI=1S/C17H19FN2O4S/c1-3-11-24-17-13(5-4-6-16(17)23-2)12-19-20-25(21,22)15-9-7-14(18)8-10-15/h4-10,12,20H,3,11H2,1-2H3/b19-12+. The normalized spacial score (nSPS) is 11.5. The summed E-state index contributed by atoms with van der Waals surface area (Å²) in [4.78, 5) is 2.00. The second-order valence-electron chi connectivity index (χ2n) is 5.03. The Hall–Kier alpha value is -2.61. The summed E-state index contributed by atoms with van der Waals surface area (Å²) in [5.74, 6) is 0.493. The van der Waals surface area contributed by atoms with E-state index >= 15 is 0 Å². The van der Waals surface area contributed by atoms with E-state index in [0.29, 0.717) is 23.7 Å². The number of sulfonamides is 1. The maximum atomic E-state index is 12.9. The molecule has 0 aliphatic heterocycles. The highest BCUT2D eigenvalue weighted by atomic mass is 32.2. The first-order valence-corrected chi connectivity index (χ1v) is 9.06. The zero-order chi connectivity index (χ0) is 18.3. The average molecular weight is 366 g/mol. The van der Waals surface area contributed by atoms with Gasteiger partial charge < -0.3 is 9.47 Å². The molecule has 2 aromatic carbocycles. The van der Waals surface area contributed by atoms with Gasteiger partial charge in [0.25, 0.3) is 10.0 Å². The first-order chi connectivity index (χ1) is 12.0. The minimum absolute atomic E-state index is 0.0841. The molecule has 0 fully saturated rings. The van der Waals surface area contributed by atoms with Gasteiger partial charge in [0.1, 0.15) is 5.82 Å². The Balaban J connectivity index is 2.20. The van der Waals surface area contributed by atoms with Crippen LogP contribution in [0.1, 0.15) is 18.9 Å². The Morgan fingerprint density at radius 3 is 2.56 bits per heavy atom. The molecule has 0 radical (unpaired) electrons. The predicted octanol–water partition coefficient (Wildman–Crippen LogP) is 2.94. The molecule has 0 aliphatic rings. The number of rotatable bonds is 8. The summed E-state index contributed by atoms with van der Waals surface area (Å²) >= 11 is 0. The molecule has 0 aromatic heterocycles. The van der Waals surface area contributed by atoms with E-state index in [1.807, 2.05) is 6.92 Å². The van der Waals surface area contributed by atoms with Crippen LogP contribution in [0.3, 0.4) is 0 Å². The highest BCUT2D eigenvalue weighted by molar-refractivity contribution is 7.89. The number of nitrogens with one attached hydrogen (secondary N) is 1. The second-order valence-corrected chi connectivity index (χ2v) is 6.69. The zero-order valence-corrected chi connectivity index (χ0v) is 14.7. The fourth-order valence-electron chi connectivity index (χ4n) is 1.99. The molecule has 2 rings (SSSR count). The van der Waals surface area contributed by atoms with Crippen molar-refractivity contribution >= 4 is 16.2 Å². The Kier molecular flexibility index (Phi) is 6.35. The first kappa shape index (κ1) is 18.7. The Labute approximate surface area is 146 Å². The number of halogens is 1. The quantitative estimate of drug-likeness (QED) is 0.576. The van der Waals surface area contributed by atoms with E-state index in [4.69, 9.17) is 9.47 Å². The van der Waals surface area contributed by atoms with Crippen molar-refractivity contribution in [3.05, 3.63) is 53.8 Å². The maximum Gasteiger partial charge on any atom is 0.276 e. The van der Waals surface area contributed by atoms with Gasteiger partial charge in [0, 0.05) is 5.56 Å². The summed E-state index contributed by atoms with van der Waals surface area (Å²) in [6, 6.07) is 9.67. The van der Waals surface area contributed by atoms with Crippen molar-refractivity contribution in [3.8, 4) is 11.5 Å². The third-order valence-corrected chi connectivity index (χ3v) is 4.42. The van der Waals surface area contributed by atoms with Crippen molar-refractivity contribution in [2.45, 2.75) is 18.2 Å². The lowest BCUT2D eigenvalue weighted by atomic mass is 10.2. The van der Waals surface area contributed by atoms with Crippen molar-refractivity contribution < 1.29 is 22.3 Å². The molecule has 0 amide bonds. The van der Waals surface area contributed by atoms with Gasteiger partial charge in [0.05, 0.1) is 24.8 Å². The lowest BCUT2D eigenvalue weighted by molar-refractivity contribution is 0.294. The van der Waals surface area contributed by atoms with Crippen LogP contribution in [-0.2, 0) is 10.0 Å². The molecule has 6 nitrogen and oxygen atoms in total. The molecule has 1 N–H and O–H groups in total. The van der Waals surface area contributed by atoms with Gasteiger partial charge in [-0.1, -0.05) is 13.0 Å². The average Bonchev–Trinajstić information content (AvgIpc) is 2.60. The number of para-hydroxylation sites is 1. The molecule has 0 heterocycles. The van der Waals surface area contributed by atoms with Crippen molar-refractivity contribution in [3.63, 3.8) is 0 Å². The van der Waals surface area contributed by atoms with E-state index in [1.54, 1.807) is 18.2 Å². The summed E-state index contributed by atoms with van der Waals surface area (Å²) in [5.41, 5.74) is 0.564. The fraction of sp³-hybridized carbons (Fsp3) is 0.235. The molecule has 0 unspecified atom stereocenters. The second kappa shape index (κ2) is 8.48. The topological polar surface area (TPSA) is 77.0 Å². The van der Waals surface area contributed by atoms with Crippen LogP contribution in [0, 0.1) is 5.82 Å². The summed E-state index contributed by atoms with van der Waals surface area (Å²) in [6.07, 6.45) is 2.14. The lowest BCUT2D eigenvalue weighted by Gasteiger charge is -2.12. The van der Waals surface area contributed by atoms with Gasteiger partial charge in [-0.05, 0) is 42.8 Å². The van der Waals surface area contributed by atoms with Gasteiger partial charge in [0.2, 0.25) is 0 Å². The molecule has 0 bridgehead atoms. The summed E-state index contributed by atoms with van der Waals surface area (Å²) in [6.45, 7) is 2.46. The van der Waals surface area contributed by atoms with Crippen molar-refractivity contribution in [2.75, 3.05) is 13.7 Å². The van der Waals surface area contributed by atoms with E-state index in [-0.39, 0.29) is 4.90 Å². The van der Waals surface area contributed by atoms with Crippen LogP contribution >= 0.6 is 0 Å².